The first kappa shape index (κ1) is 12.9. The lowest BCUT2D eigenvalue weighted by molar-refractivity contribution is 0.546. The second kappa shape index (κ2) is 6.43. The molecule has 2 N–H and O–H groups in total. The van der Waals surface area contributed by atoms with Gasteiger partial charge >= 0.3 is 0 Å². The Morgan fingerprint density at radius 1 is 1.53 bits per heavy atom. The lowest BCUT2D eigenvalue weighted by Crippen LogP contribution is -2.30. The van der Waals surface area contributed by atoms with E-state index in [0.29, 0.717) is 6.04 Å². The normalized spacial score (nSPS) is 19.9. The van der Waals surface area contributed by atoms with Gasteiger partial charge in [0.25, 0.3) is 0 Å². The molecule has 0 spiro atoms. The number of hydrogen-bond donors (Lipinski definition) is 2. The summed E-state index contributed by atoms with van der Waals surface area (Å²) in [6.07, 6.45) is 3.13. The standard InChI is InChI=1S/C10H14BrN3.ClH/c11-10-2-1-8(6-14-10)5-13-9-3-4-12-7-9;/h1-2,6,9,12-13H,3-5,7H2;1H/t9-;/m1./s1. The van der Waals surface area contributed by atoms with Gasteiger partial charge in [-0.25, -0.2) is 4.98 Å². The van der Waals surface area contributed by atoms with E-state index < -0.39 is 0 Å². The lowest BCUT2D eigenvalue weighted by atomic mass is 10.2. The minimum atomic E-state index is 0. The second-order valence-electron chi connectivity index (χ2n) is 3.56. The van der Waals surface area contributed by atoms with E-state index in [9.17, 15) is 0 Å². The van der Waals surface area contributed by atoms with Crippen LogP contribution in [0.3, 0.4) is 0 Å². The van der Waals surface area contributed by atoms with Crippen molar-refractivity contribution < 1.29 is 0 Å². The van der Waals surface area contributed by atoms with Crippen molar-refractivity contribution in [1.29, 1.82) is 0 Å². The average Bonchev–Trinajstić information content (AvgIpc) is 2.70. The molecule has 2 heterocycles. The van der Waals surface area contributed by atoms with Gasteiger partial charge in [-0.1, -0.05) is 6.07 Å². The summed E-state index contributed by atoms with van der Waals surface area (Å²) in [5.41, 5.74) is 1.24. The van der Waals surface area contributed by atoms with Crippen molar-refractivity contribution in [3.63, 3.8) is 0 Å². The van der Waals surface area contributed by atoms with Crippen LogP contribution >= 0.6 is 28.3 Å². The molecular formula is C10H15BrClN3. The third-order valence-corrected chi connectivity index (χ3v) is 2.91. The van der Waals surface area contributed by atoms with Gasteiger partial charge in [-0.2, -0.15) is 0 Å². The summed E-state index contributed by atoms with van der Waals surface area (Å²) in [5.74, 6) is 0. The van der Waals surface area contributed by atoms with Crippen LogP contribution in [-0.4, -0.2) is 24.1 Å². The van der Waals surface area contributed by atoms with Crippen LogP contribution in [0.15, 0.2) is 22.9 Å². The van der Waals surface area contributed by atoms with Crippen molar-refractivity contribution in [3.8, 4) is 0 Å². The van der Waals surface area contributed by atoms with Crippen molar-refractivity contribution in [2.75, 3.05) is 13.1 Å². The SMILES string of the molecule is Brc1ccc(CN[C@@H]2CCNC2)cn1.Cl. The van der Waals surface area contributed by atoms with Crippen molar-refractivity contribution in [2.24, 2.45) is 0 Å². The Hall–Kier alpha value is -0.160. The Labute approximate surface area is 105 Å². The molecule has 3 nitrogen and oxygen atoms in total. The van der Waals surface area contributed by atoms with Crippen LogP contribution in [-0.2, 0) is 6.54 Å². The molecule has 1 aliphatic rings. The van der Waals surface area contributed by atoms with Gasteiger partial charge in [0.05, 0.1) is 0 Å². The molecule has 0 bridgehead atoms. The summed E-state index contributed by atoms with van der Waals surface area (Å²) >= 11 is 3.32. The monoisotopic (exact) mass is 291 g/mol. The summed E-state index contributed by atoms with van der Waals surface area (Å²) in [6.45, 7) is 3.13. The zero-order valence-corrected chi connectivity index (χ0v) is 10.8. The Morgan fingerprint density at radius 2 is 2.40 bits per heavy atom. The predicted molar refractivity (Wildman–Crippen MR) is 67.3 cm³/mol. The van der Waals surface area contributed by atoms with E-state index in [1.54, 1.807) is 0 Å². The molecule has 1 aliphatic heterocycles. The van der Waals surface area contributed by atoms with Gasteiger partial charge < -0.3 is 10.6 Å². The molecule has 0 aromatic carbocycles. The quantitative estimate of drug-likeness (QED) is 0.833. The van der Waals surface area contributed by atoms with Gasteiger partial charge in [0.1, 0.15) is 4.60 Å². The Morgan fingerprint density at radius 3 is 3.00 bits per heavy atom. The molecule has 0 unspecified atom stereocenters. The first-order chi connectivity index (χ1) is 6.84. The maximum absolute atomic E-state index is 4.19. The largest absolute Gasteiger partial charge is 0.315 e. The van der Waals surface area contributed by atoms with Crippen molar-refractivity contribution in [2.45, 2.75) is 19.0 Å². The molecule has 0 aliphatic carbocycles. The van der Waals surface area contributed by atoms with E-state index in [1.807, 2.05) is 12.3 Å². The van der Waals surface area contributed by atoms with E-state index in [1.165, 1.54) is 12.0 Å². The van der Waals surface area contributed by atoms with Gasteiger partial charge in [-0.3, -0.25) is 0 Å². The van der Waals surface area contributed by atoms with Gasteiger partial charge in [-0.05, 0) is 40.5 Å². The minimum Gasteiger partial charge on any atom is -0.315 e. The van der Waals surface area contributed by atoms with Crippen molar-refractivity contribution in [1.82, 2.24) is 15.6 Å². The molecule has 15 heavy (non-hydrogen) atoms. The molecule has 0 saturated carbocycles. The van der Waals surface area contributed by atoms with Crippen LogP contribution in [0.25, 0.3) is 0 Å². The van der Waals surface area contributed by atoms with E-state index in [4.69, 9.17) is 0 Å². The summed E-state index contributed by atoms with van der Waals surface area (Å²) < 4.78 is 0.892. The highest BCUT2D eigenvalue weighted by molar-refractivity contribution is 9.10. The highest BCUT2D eigenvalue weighted by Crippen LogP contribution is 2.06. The van der Waals surface area contributed by atoms with Gasteiger partial charge in [-0.15, -0.1) is 12.4 Å². The van der Waals surface area contributed by atoms with Gasteiger partial charge in [0.2, 0.25) is 0 Å². The fourth-order valence-electron chi connectivity index (χ4n) is 1.60. The smallest absolute Gasteiger partial charge is 0.106 e. The van der Waals surface area contributed by atoms with Crippen LogP contribution < -0.4 is 10.6 Å². The van der Waals surface area contributed by atoms with Crippen LogP contribution in [0.5, 0.6) is 0 Å². The van der Waals surface area contributed by atoms with Crippen molar-refractivity contribution >= 4 is 28.3 Å². The molecule has 1 saturated heterocycles. The molecule has 2 rings (SSSR count). The number of nitrogens with one attached hydrogen (secondary N) is 2. The number of pyridine rings is 1. The lowest BCUT2D eigenvalue weighted by Gasteiger charge is -2.10. The van der Waals surface area contributed by atoms with Crippen molar-refractivity contribution in [3.05, 3.63) is 28.5 Å². The molecule has 1 aromatic heterocycles. The highest BCUT2D eigenvalue weighted by Gasteiger charge is 2.12. The number of nitrogens with zero attached hydrogens (tertiary/aromatic N) is 1. The zero-order chi connectivity index (χ0) is 9.80. The maximum atomic E-state index is 4.19. The molecule has 0 amide bonds. The molecule has 0 radical (unpaired) electrons. The van der Waals surface area contributed by atoms with E-state index >= 15 is 0 Å². The summed E-state index contributed by atoms with van der Waals surface area (Å²) in [4.78, 5) is 4.19. The molecule has 1 aromatic rings. The highest BCUT2D eigenvalue weighted by atomic mass is 79.9. The number of rotatable bonds is 3. The molecule has 84 valence electrons. The fraction of sp³-hybridized carbons (Fsp3) is 0.500. The summed E-state index contributed by atoms with van der Waals surface area (Å²) in [5, 5.41) is 6.83. The zero-order valence-electron chi connectivity index (χ0n) is 8.37. The molecule has 1 atom stereocenters. The van der Waals surface area contributed by atoms with Crippen LogP contribution in [0, 0.1) is 0 Å². The van der Waals surface area contributed by atoms with Crippen LogP contribution in [0.1, 0.15) is 12.0 Å². The number of hydrogen-bond acceptors (Lipinski definition) is 3. The fourth-order valence-corrected chi connectivity index (χ4v) is 1.84. The van der Waals surface area contributed by atoms with E-state index in [2.05, 4.69) is 37.6 Å². The summed E-state index contributed by atoms with van der Waals surface area (Å²) in [6, 6.07) is 4.69. The Balaban J connectivity index is 0.00000112. The van der Waals surface area contributed by atoms with E-state index in [0.717, 1.165) is 24.2 Å². The third-order valence-electron chi connectivity index (χ3n) is 2.44. The van der Waals surface area contributed by atoms with Crippen LogP contribution in [0.4, 0.5) is 0 Å². The third kappa shape index (κ3) is 4.07. The first-order valence-corrected chi connectivity index (χ1v) is 5.68. The topological polar surface area (TPSA) is 37.0 Å². The van der Waals surface area contributed by atoms with Gasteiger partial charge in [0, 0.05) is 25.3 Å². The molecule has 5 heteroatoms. The average molecular weight is 293 g/mol. The summed E-state index contributed by atoms with van der Waals surface area (Å²) in [7, 11) is 0. The van der Waals surface area contributed by atoms with Crippen LogP contribution in [0.2, 0.25) is 0 Å². The Bertz CT molecular complexity index is 285. The first-order valence-electron chi connectivity index (χ1n) is 4.89. The second-order valence-corrected chi connectivity index (χ2v) is 4.37. The van der Waals surface area contributed by atoms with E-state index in [-0.39, 0.29) is 12.4 Å². The maximum Gasteiger partial charge on any atom is 0.106 e. The number of aromatic nitrogens is 1. The minimum absolute atomic E-state index is 0. The molecule has 1 fully saturated rings. The Kier molecular flexibility index (Phi) is 5.53. The molecular weight excluding hydrogens is 277 g/mol. The predicted octanol–water partition coefficient (Wildman–Crippen LogP) is 1.72. The number of halogens is 2. The van der Waals surface area contributed by atoms with Gasteiger partial charge in [0.15, 0.2) is 0 Å².